The van der Waals surface area contributed by atoms with Gasteiger partial charge in [0.1, 0.15) is 5.82 Å². The van der Waals surface area contributed by atoms with Gasteiger partial charge in [-0.25, -0.2) is 4.39 Å². The van der Waals surface area contributed by atoms with Crippen molar-refractivity contribution in [2.45, 2.75) is 17.4 Å². The van der Waals surface area contributed by atoms with Crippen LogP contribution in [0.1, 0.15) is 5.56 Å². The number of hydrogen-bond acceptors (Lipinski definition) is 3. The highest BCUT2D eigenvalue weighted by atomic mass is 32.2. The minimum atomic E-state index is -0.201. The van der Waals surface area contributed by atoms with E-state index in [1.165, 1.54) is 27.8 Å². The van der Waals surface area contributed by atoms with Crippen LogP contribution in [0.4, 0.5) is 4.39 Å². The molecule has 1 heterocycles. The standard InChI is InChI=1S/C17H16FNS2/c18-13-5-7-15(8-6-13)20-11-14(19)9-12-10-21-17-4-2-1-3-16(12)17/h1-8,10,14H,9,11,19H2. The van der Waals surface area contributed by atoms with Crippen LogP contribution in [-0.2, 0) is 6.42 Å². The van der Waals surface area contributed by atoms with Crippen molar-refractivity contribution >= 4 is 33.2 Å². The van der Waals surface area contributed by atoms with Crippen LogP contribution in [0.25, 0.3) is 10.1 Å². The summed E-state index contributed by atoms with van der Waals surface area (Å²) in [6.07, 6.45) is 0.873. The van der Waals surface area contributed by atoms with Gasteiger partial charge in [0.25, 0.3) is 0 Å². The third-order valence-electron chi connectivity index (χ3n) is 3.32. The molecule has 1 nitrogen and oxygen atoms in total. The van der Waals surface area contributed by atoms with Crippen LogP contribution in [0.5, 0.6) is 0 Å². The lowest BCUT2D eigenvalue weighted by Crippen LogP contribution is -2.25. The monoisotopic (exact) mass is 317 g/mol. The molecule has 3 rings (SSSR count). The lowest BCUT2D eigenvalue weighted by Gasteiger charge is -2.10. The van der Waals surface area contributed by atoms with Gasteiger partial charge < -0.3 is 5.73 Å². The number of thioether (sulfide) groups is 1. The van der Waals surface area contributed by atoms with Gasteiger partial charge in [-0.15, -0.1) is 23.1 Å². The molecule has 0 fully saturated rings. The summed E-state index contributed by atoms with van der Waals surface area (Å²) in [6, 6.07) is 15.1. The zero-order chi connectivity index (χ0) is 14.7. The average molecular weight is 317 g/mol. The number of fused-ring (bicyclic) bond motifs is 1. The first-order valence-corrected chi connectivity index (χ1v) is 8.68. The zero-order valence-corrected chi connectivity index (χ0v) is 13.1. The largest absolute Gasteiger partial charge is 0.327 e. The number of halogens is 1. The van der Waals surface area contributed by atoms with Crippen molar-refractivity contribution in [3.05, 3.63) is 65.3 Å². The van der Waals surface area contributed by atoms with Crippen molar-refractivity contribution in [1.29, 1.82) is 0 Å². The number of rotatable bonds is 5. The lowest BCUT2D eigenvalue weighted by molar-refractivity contribution is 0.626. The number of benzene rings is 2. The van der Waals surface area contributed by atoms with E-state index in [1.54, 1.807) is 35.2 Å². The van der Waals surface area contributed by atoms with Crippen molar-refractivity contribution < 1.29 is 4.39 Å². The van der Waals surface area contributed by atoms with Gasteiger partial charge >= 0.3 is 0 Å². The maximum absolute atomic E-state index is 12.9. The molecule has 0 spiro atoms. The molecule has 2 N–H and O–H groups in total. The first-order chi connectivity index (χ1) is 10.2. The summed E-state index contributed by atoms with van der Waals surface area (Å²) in [5, 5.41) is 3.51. The predicted octanol–water partition coefficient (Wildman–Crippen LogP) is 4.70. The van der Waals surface area contributed by atoms with E-state index < -0.39 is 0 Å². The zero-order valence-electron chi connectivity index (χ0n) is 11.5. The van der Waals surface area contributed by atoms with Crippen molar-refractivity contribution in [3.8, 4) is 0 Å². The quantitative estimate of drug-likeness (QED) is 0.690. The molecule has 0 amide bonds. The fourth-order valence-electron chi connectivity index (χ4n) is 2.27. The summed E-state index contributed by atoms with van der Waals surface area (Å²) < 4.78 is 14.2. The van der Waals surface area contributed by atoms with Gasteiger partial charge in [-0.1, -0.05) is 18.2 Å². The summed E-state index contributed by atoms with van der Waals surface area (Å²) in [6.45, 7) is 0. The molecule has 108 valence electrons. The Balaban J connectivity index is 1.61. The molecule has 1 atom stereocenters. The molecule has 0 saturated heterocycles. The summed E-state index contributed by atoms with van der Waals surface area (Å²) in [4.78, 5) is 1.06. The molecule has 2 aromatic carbocycles. The van der Waals surface area contributed by atoms with E-state index in [-0.39, 0.29) is 11.9 Å². The Morgan fingerprint density at radius 1 is 1.10 bits per heavy atom. The molecule has 4 heteroatoms. The number of hydrogen-bond donors (Lipinski definition) is 1. The SMILES string of the molecule is NC(CSc1ccc(F)cc1)Cc1csc2ccccc12. The van der Waals surface area contributed by atoms with Gasteiger partial charge in [0.05, 0.1) is 0 Å². The topological polar surface area (TPSA) is 26.0 Å². The van der Waals surface area contributed by atoms with Crippen molar-refractivity contribution in [2.24, 2.45) is 5.73 Å². The highest BCUT2D eigenvalue weighted by molar-refractivity contribution is 7.99. The van der Waals surface area contributed by atoms with Crippen LogP contribution in [0, 0.1) is 5.82 Å². The normalized spacial score (nSPS) is 12.7. The Bertz CT molecular complexity index is 721. The van der Waals surface area contributed by atoms with Crippen LogP contribution in [0.2, 0.25) is 0 Å². The Kier molecular flexibility index (Phi) is 4.58. The molecule has 0 aliphatic carbocycles. The molecule has 21 heavy (non-hydrogen) atoms. The highest BCUT2D eigenvalue weighted by Gasteiger charge is 2.09. The fourth-order valence-corrected chi connectivity index (χ4v) is 4.09. The second-order valence-electron chi connectivity index (χ2n) is 4.99. The van der Waals surface area contributed by atoms with Gasteiger partial charge in [-0.05, 0) is 53.1 Å². The van der Waals surface area contributed by atoms with Crippen LogP contribution < -0.4 is 5.73 Å². The number of nitrogens with two attached hydrogens (primary N) is 1. The molecule has 0 aliphatic rings. The van der Waals surface area contributed by atoms with E-state index in [4.69, 9.17) is 5.73 Å². The molecular weight excluding hydrogens is 301 g/mol. The van der Waals surface area contributed by atoms with Crippen LogP contribution >= 0.6 is 23.1 Å². The maximum Gasteiger partial charge on any atom is 0.123 e. The third-order valence-corrected chi connectivity index (χ3v) is 5.53. The highest BCUT2D eigenvalue weighted by Crippen LogP contribution is 2.27. The maximum atomic E-state index is 12.9. The first kappa shape index (κ1) is 14.6. The third kappa shape index (κ3) is 3.64. The molecule has 1 aromatic heterocycles. The molecule has 3 aromatic rings. The summed E-state index contributed by atoms with van der Waals surface area (Å²) in [5.74, 6) is 0.629. The predicted molar refractivity (Wildman–Crippen MR) is 90.6 cm³/mol. The Hall–Kier alpha value is -1.36. The van der Waals surface area contributed by atoms with Crippen LogP contribution in [0.3, 0.4) is 0 Å². The van der Waals surface area contributed by atoms with E-state index in [0.29, 0.717) is 0 Å². The summed E-state index contributed by atoms with van der Waals surface area (Å²) in [7, 11) is 0. The second kappa shape index (κ2) is 6.60. The van der Waals surface area contributed by atoms with Gasteiger partial charge in [0, 0.05) is 21.4 Å². The van der Waals surface area contributed by atoms with Crippen molar-refractivity contribution in [3.63, 3.8) is 0 Å². The summed E-state index contributed by atoms with van der Waals surface area (Å²) in [5.41, 5.74) is 7.57. The molecule has 0 radical (unpaired) electrons. The van der Waals surface area contributed by atoms with E-state index in [0.717, 1.165) is 17.1 Å². The Morgan fingerprint density at radius 2 is 1.86 bits per heavy atom. The average Bonchev–Trinajstić information content (AvgIpc) is 2.90. The van der Waals surface area contributed by atoms with Crippen LogP contribution in [-0.4, -0.2) is 11.8 Å². The van der Waals surface area contributed by atoms with Crippen LogP contribution in [0.15, 0.2) is 58.8 Å². The molecule has 0 aliphatic heterocycles. The number of thiophene rings is 1. The summed E-state index contributed by atoms with van der Waals surface area (Å²) >= 11 is 3.44. The molecule has 0 saturated carbocycles. The van der Waals surface area contributed by atoms with Gasteiger partial charge in [0.15, 0.2) is 0 Å². The smallest absolute Gasteiger partial charge is 0.123 e. The minimum absolute atomic E-state index is 0.0954. The molecule has 1 unspecified atom stereocenters. The Labute approximate surface area is 132 Å². The van der Waals surface area contributed by atoms with E-state index in [2.05, 4.69) is 29.6 Å². The van der Waals surface area contributed by atoms with Crippen molar-refractivity contribution in [2.75, 3.05) is 5.75 Å². The van der Waals surface area contributed by atoms with E-state index in [9.17, 15) is 4.39 Å². The van der Waals surface area contributed by atoms with E-state index >= 15 is 0 Å². The molecule has 0 bridgehead atoms. The van der Waals surface area contributed by atoms with Gasteiger partial charge in [-0.2, -0.15) is 0 Å². The van der Waals surface area contributed by atoms with Crippen molar-refractivity contribution in [1.82, 2.24) is 0 Å². The van der Waals surface area contributed by atoms with E-state index in [1.807, 2.05) is 0 Å². The minimum Gasteiger partial charge on any atom is -0.327 e. The Morgan fingerprint density at radius 3 is 2.67 bits per heavy atom. The fraction of sp³-hybridized carbons (Fsp3) is 0.176. The van der Waals surface area contributed by atoms with Gasteiger partial charge in [-0.3, -0.25) is 0 Å². The molecular formula is C17H16FNS2. The lowest BCUT2D eigenvalue weighted by atomic mass is 10.1. The second-order valence-corrected chi connectivity index (χ2v) is 6.99. The first-order valence-electron chi connectivity index (χ1n) is 6.81. The van der Waals surface area contributed by atoms with Gasteiger partial charge in [0.2, 0.25) is 0 Å².